The van der Waals surface area contributed by atoms with Gasteiger partial charge in [0, 0.05) is 5.39 Å². The van der Waals surface area contributed by atoms with Gasteiger partial charge in [-0.15, -0.1) is 0 Å². The first-order valence-electron chi connectivity index (χ1n) is 7.09. The molecule has 1 aliphatic rings. The van der Waals surface area contributed by atoms with Crippen LogP contribution in [0, 0.1) is 5.92 Å². The van der Waals surface area contributed by atoms with E-state index in [2.05, 4.69) is 10.3 Å². The molecule has 1 unspecified atom stereocenters. The second-order valence-electron chi connectivity index (χ2n) is 5.90. The van der Waals surface area contributed by atoms with Crippen LogP contribution in [0.25, 0.3) is 10.8 Å². The molecule has 1 amide bonds. The summed E-state index contributed by atoms with van der Waals surface area (Å²) >= 11 is 0. The van der Waals surface area contributed by atoms with Gasteiger partial charge in [0.25, 0.3) is 11.5 Å². The topological polar surface area (TPSA) is 82.2 Å². The van der Waals surface area contributed by atoms with E-state index in [1.165, 1.54) is 0 Å². The fraction of sp³-hybridized carbons (Fsp3) is 0.375. The van der Waals surface area contributed by atoms with Gasteiger partial charge < -0.3 is 15.4 Å². The maximum absolute atomic E-state index is 12.4. The summed E-state index contributed by atoms with van der Waals surface area (Å²) in [6.45, 7) is 1.73. The molecule has 1 aromatic heterocycles. The first-order valence-corrected chi connectivity index (χ1v) is 7.09. The van der Waals surface area contributed by atoms with Gasteiger partial charge in [0.2, 0.25) is 0 Å². The molecule has 3 N–H and O–H groups in total. The van der Waals surface area contributed by atoms with Crippen LogP contribution in [0.1, 0.15) is 30.3 Å². The minimum atomic E-state index is -0.625. The SMILES string of the molecule is CC(CO)(NC(=O)c1cc2ccccc2c(=O)[nH]1)C1CC1. The lowest BCUT2D eigenvalue weighted by atomic mass is 9.96. The van der Waals surface area contributed by atoms with Crippen molar-refractivity contribution >= 4 is 16.7 Å². The molecule has 3 rings (SSSR count). The minimum Gasteiger partial charge on any atom is -0.394 e. The van der Waals surface area contributed by atoms with Gasteiger partial charge in [0.1, 0.15) is 5.69 Å². The number of H-pyrrole nitrogens is 1. The average molecular weight is 286 g/mol. The number of amides is 1. The van der Waals surface area contributed by atoms with Crippen molar-refractivity contribution in [2.24, 2.45) is 5.92 Å². The first kappa shape index (κ1) is 13.8. The largest absolute Gasteiger partial charge is 0.394 e. The number of pyridine rings is 1. The summed E-state index contributed by atoms with van der Waals surface area (Å²) in [6, 6.07) is 8.79. The normalized spacial score (nSPS) is 17.4. The summed E-state index contributed by atoms with van der Waals surface area (Å²) in [4.78, 5) is 27.0. The Morgan fingerprint density at radius 1 is 1.43 bits per heavy atom. The molecule has 2 aromatic rings. The third kappa shape index (κ3) is 2.56. The number of hydrogen-bond acceptors (Lipinski definition) is 3. The van der Waals surface area contributed by atoms with Crippen LogP contribution in [0.3, 0.4) is 0 Å². The van der Waals surface area contributed by atoms with Gasteiger partial charge in [-0.05, 0) is 43.2 Å². The molecule has 0 radical (unpaired) electrons. The zero-order valence-corrected chi connectivity index (χ0v) is 11.8. The van der Waals surface area contributed by atoms with Crippen LogP contribution in [0.5, 0.6) is 0 Å². The van der Waals surface area contributed by atoms with E-state index in [1.54, 1.807) is 24.3 Å². The Kier molecular flexibility index (Phi) is 3.29. The number of carbonyl (C=O) groups is 1. The van der Waals surface area contributed by atoms with E-state index < -0.39 is 5.54 Å². The Balaban J connectivity index is 1.93. The number of aromatic amines is 1. The number of rotatable bonds is 4. The highest BCUT2D eigenvalue weighted by Crippen LogP contribution is 2.39. The summed E-state index contributed by atoms with van der Waals surface area (Å²) in [5.74, 6) is -0.0556. The van der Waals surface area contributed by atoms with Crippen molar-refractivity contribution in [2.75, 3.05) is 6.61 Å². The van der Waals surface area contributed by atoms with Crippen molar-refractivity contribution < 1.29 is 9.90 Å². The second-order valence-corrected chi connectivity index (χ2v) is 5.90. The number of aliphatic hydroxyl groups excluding tert-OH is 1. The number of carbonyl (C=O) groups excluding carboxylic acids is 1. The molecule has 21 heavy (non-hydrogen) atoms. The van der Waals surface area contributed by atoms with Gasteiger partial charge in [-0.3, -0.25) is 9.59 Å². The van der Waals surface area contributed by atoms with E-state index in [0.717, 1.165) is 18.2 Å². The van der Waals surface area contributed by atoms with Crippen molar-refractivity contribution in [2.45, 2.75) is 25.3 Å². The van der Waals surface area contributed by atoms with E-state index in [9.17, 15) is 14.7 Å². The molecule has 0 spiro atoms. The predicted molar refractivity (Wildman–Crippen MR) is 80.2 cm³/mol. The zero-order valence-electron chi connectivity index (χ0n) is 11.8. The second kappa shape index (κ2) is 5.00. The van der Waals surface area contributed by atoms with Gasteiger partial charge >= 0.3 is 0 Å². The molecule has 0 aliphatic heterocycles. The van der Waals surface area contributed by atoms with Gasteiger partial charge in [-0.2, -0.15) is 0 Å². The Labute approximate surface area is 122 Å². The molecule has 0 saturated heterocycles. The molecule has 5 nitrogen and oxygen atoms in total. The fourth-order valence-corrected chi connectivity index (χ4v) is 2.65. The van der Waals surface area contributed by atoms with Crippen LogP contribution in [0.4, 0.5) is 0 Å². The highest BCUT2D eigenvalue weighted by molar-refractivity contribution is 5.96. The van der Waals surface area contributed by atoms with E-state index >= 15 is 0 Å². The number of benzene rings is 1. The number of nitrogens with one attached hydrogen (secondary N) is 2. The Hall–Kier alpha value is -2.14. The van der Waals surface area contributed by atoms with Crippen LogP contribution >= 0.6 is 0 Å². The van der Waals surface area contributed by atoms with Crippen LogP contribution < -0.4 is 10.9 Å². The van der Waals surface area contributed by atoms with Crippen LogP contribution in [0.15, 0.2) is 35.1 Å². The molecule has 1 heterocycles. The lowest BCUT2D eigenvalue weighted by Gasteiger charge is -2.28. The van der Waals surface area contributed by atoms with Gasteiger partial charge in [-0.1, -0.05) is 18.2 Å². The highest BCUT2D eigenvalue weighted by Gasteiger charge is 2.42. The maximum atomic E-state index is 12.4. The van der Waals surface area contributed by atoms with Crippen LogP contribution in [-0.4, -0.2) is 28.1 Å². The van der Waals surface area contributed by atoms with E-state index in [-0.39, 0.29) is 23.8 Å². The Bertz CT molecular complexity index is 749. The third-order valence-corrected chi connectivity index (χ3v) is 4.20. The summed E-state index contributed by atoms with van der Waals surface area (Å²) in [5.41, 5.74) is -0.686. The zero-order chi connectivity index (χ0) is 15.0. The number of aliphatic hydroxyl groups is 1. The summed E-state index contributed by atoms with van der Waals surface area (Å²) in [5, 5.41) is 13.7. The number of aromatic nitrogens is 1. The van der Waals surface area contributed by atoms with Crippen molar-refractivity contribution in [3.05, 3.63) is 46.4 Å². The first-order chi connectivity index (χ1) is 10.0. The number of fused-ring (bicyclic) bond motifs is 1. The summed E-state index contributed by atoms with van der Waals surface area (Å²) < 4.78 is 0. The molecule has 0 bridgehead atoms. The molecule has 5 heteroatoms. The van der Waals surface area contributed by atoms with E-state index in [4.69, 9.17) is 0 Å². The van der Waals surface area contributed by atoms with Crippen molar-refractivity contribution in [3.63, 3.8) is 0 Å². The Morgan fingerprint density at radius 3 is 2.81 bits per heavy atom. The van der Waals surface area contributed by atoms with Crippen molar-refractivity contribution in [1.29, 1.82) is 0 Å². The third-order valence-electron chi connectivity index (χ3n) is 4.20. The number of hydrogen-bond donors (Lipinski definition) is 3. The smallest absolute Gasteiger partial charge is 0.268 e. The Morgan fingerprint density at radius 2 is 2.14 bits per heavy atom. The quantitative estimate of drug-likeness (QED) is 0.795. The minimum absolute atomic E-state index is 0.110. The molecule has 110 valence electrons. The molecular formula is C16H18N2O3. The molecule has 1 aliphatic carbocycles. The van der Waals surface area contributed by atoms with Crippen molar-refractivity contribution in [3.8, 4) is 0 Å². The van der Waals surface area contributed by atoms with Crippen LogP contribution in [0.2, 0.25) is 0 Å². The molecule has 1 aromatic carbocycles. The molecule has 1 fully saturated rings. The maximum Gasteiger partial charge on any atom is 0.268 e. The van der Waals surface area contributed by atoms with Gasteiger partial charge in [0.15, 0.2) is 0 Å². The lowest BCUT2D eigenvalue weighted by molar-refractivity contribution is 0.0819. The summed E-state index contributed by atoms with van der Waals surface area (Å²) in [7, 11) is 0. The molecule has 1 saturated carbocycles. The monoisotopic (exact) mass is 286 g/mol. The van der Waals surface area contributed by atoms with E-state index in [0.29, 0.717) is 11.3 Å². The lowest BCUT2D eigenvalue weighted by Crippen LogP contribution is -2.51. The summed E-state index contributed by atoms with van der Waals surface area (Å²) in [6.07, 6.45) is 2.01. The van der Waals surface area contributed by atoms with Gasteiger partial charge in [-0.25, -0.2) is 0 Å². The van der Waals surface area contributed by atoms with Crippen LogP contribution in [-0.2, 0) is 0 Å². The molecular weight excluding hydrogens is 268 g/mol. The highest BCUT2D eigenvalue weighted by atomic mass is 16.3. The fourth-order valence-electron chi connectivity index (χ4n) is 2.65. The van der Waals surface area contributed by atoms with Gasteiger partial charge in [0.05, 0.1) is 12.1 Å². The molecule has 1 atom stereocenters. The van der Waals surface area contributed by atoms with Crippen molar-refractivity contribution in [1.82, 2.24) is 10.3 Å². The standard InChI is InChI=1S/C16H18N2O3/c1-16(9-19,11-6-7-11)18-15(21)13-8-10-4-2-3-5-12(10)14(20)17-13/h2-5,8,11,19H,6-7,9H2,1H3,(H,17,20)(H,18,21). The van der Waals surface area contributed by atoms with E-state index in [1.807, 2.05) is 13.0 Å². The predicted octanol–water partition coefficient (Wildman–Crippen LogP) is 1.42. The average Bonchev–Trinajstić information content (AvgIpc) is 3.32.